The van der Waals surface area contributed by atoms with E-state index in [0.717, 1.165) is 23.4 Å². The van der Waals surface area contributed by atoms with Crippen molar-refractivity contribution in [3.8, 4) is 0 Å². The van der Waals surface area contributed by atoms with E-state index in [1.807, 2.05) is 24.3 Å². The highest BCUT2D eigenvalue weighted by Crippen LogP contribution is 2.40. The molecular formula is C21H26F3NOSi. The summed E-state index contributed by atoms with van der Waals surface area (Å²) in [5.74, 6) is 0. The van der Waals surface area contributed by atoms with E-state index in [9.17, 15) is 13.2 Å². The molecule has 146 valence electrons. The SMILES string of the molecule is C=Cc1ccc(N(O[Si](C)(C)C(C)(C)C)c2ccc(C(F)(F)F)cc2)cc1. The summed E-state index contributed by atoms with van der Waals surface area (Å²) in [6, 6.07) is 12.6. The second-order valence-corrected chi connectivity index (χ2v) is 12.7. The first-order valence-corrected chi connectivity index (χ1v) is 11.6. The summed E-state index contributed by atoms with van der Waals surface area (Å²) in [4.78, 5) is 0. The monoisotopic (exact) mass is 393 g/mol. The molecule has 2 rings (SSSR count). The molecule has 0 unspecified atom stereocenters. The lowest BCUT2D eigenvalue weighted by molar-refractivity contribution is -0.137. The molecule has 27 heavy (non-hydrogen) atoms. The van der Waals surface area contributed by atoms with E-state index >= 15 is 0 Å². The summed E-state index contributed by atoms with van der Waals surface area (Å²) in [6.07, 6.45) is -2.63. The zero-order valence-corrected chi connectivity index (χ0v) is 17.4. The van der Waals surface area contributed by atoms with Crippen molar-refractivity contribution in [2.75, 3.05) is 5.06 Å². The standard InChI is InChI=1S/C21H26F3NOSi/c1-7-16-8-12-18(13-9-16)25(26-27(5,6)20(2,3)4)19-14-10-17(11-15-19)21(22,23)24/h7-15H,1H2,2-6H3. The number of benzene rings is 2. The second-order valence-electron chi connectivity index (χ2n) is 7.99. The topological polar surface area (TPSA) is 12.5 Å². The van der Waals surface area contributed by atoms with E-state index in [0.29, 0.717) is 5.69 Å². The lowest BCUT2D eigenvalue weighted by Crippen LogP contribution is -2.45. The van der Waals surface area contributed by atoms with Crippen molar-refractivity contribution in [1.29, 1.82) is 0 Å². The minimum Gasteiger partial charge on any atom is -0.315 e. The largest absolute Gasteiger partial charge is 0.416 e. The molecule has 2 nitrogen and oxygen atoms in total. The molecule has 0 aliphatic carbocycles. The van der Waals surface area contributed by atoms with Crippen LogP contribution in [-0.4, -0.2) is 8.32 Å². The molecule has 2 aromatic rings. The Hall–Kier alpha value is -2.05. The third kappa shape index (κ3) is 5.02. The predicted molar refractivity (Wildman–Crippen MR) is 108 cm³/mol. The van der Waals surface area contributed by atoms with E-state index in [4.69, 9.17) is 4.53 Å². The number of alkyl halides is 3. The number of rotatable bonds is 5. The van der Waals surface area contributed by atoms with Crippen LogP contribution in [0.2, 0.25) is 18.1 Å². The van der Waals surface area contributed by atoms with Crippen molar-refractivity contribution >= 4 is 25.8 Å². The predicted octanol–water partition coefficient (Wildman–Crippen LogP) is 7.42. The van der Waals surface area contributed by atoms with Gasteiger partial charge in [-0.1, -0.05) is 45.6 Å². The molecule has 6 heteroatoms. The molecule has 0 saturated carbocycles. The molecule has 0 amide bonds. The van der Waals surface area contributed by atoms with Crippen LogP contribution in [0.15, 0.2) is 55.1 Å². The second kappa shape index (κ2) is 7.52. The molecule has 0 fully saturated rings. The van der Waals surface area contributed by atoms with Crippen molar-refractivity contribution in [1.82, 2.24) is 0 Å². The first-order valence-electron chi connectivity index (χ1n) is 8.74. The third-order valence-electron chi connectivity index (χ3n) is 4.92. The van der Waals surface area contributed by atoms with Crippen LogP contribution in [0.4, 0.5) is 24.5 Å². The van der Waals surface area contributed by atoms with Crippen molar-refractivity contribution in [2.24, 2.45) is 0 Å². The van der Waals surface area contributed by atoms with Crippen molar-refractivity contribution in [2.45, 2.75) is 45.1 Å². The Bertz CT molecular complexity index is 775. The number of hydrogen-bond donors (Lipinski definition) is 0. The Morgan fingerprint density at radius 1 is 0.889 bits per heavy atom. The Morgan fingerprint density at radius 3 is 1.70 bits per heavy atom. The lowest BCUT2D eigenvalue weighted by atomic mass is 10.1. The Balaban J connectivity index is 2.47. The molecule has 0 aliphatic rings. The fourth-order valence-corrected chi connectivity index (χ4v) is 3.09. The molecule has 0 heterocycles. The van der Waals surface area contributed by atoms with Gasteiger partial charge in [-0.25, -0.2) is 5.06 Å². The van der Waals surface area contributed by atoms with Crippen LogP contribution in [0.5, 0.6) is 0 Å². The highest BCUT2D eigenvalue weighted by atomic mass is 28.4. The van der Waals surface area contributed by atoms with Gasteiger partial charge in [0, 0.05) is 0 Å². The first kappa shape index (κ1) is 21.2. The average molecular weight is 394 g/mol. The minimum atomic E-state index is -4.37. The quantitative estimate of drug-likeness (QED) is 0.387. The smallest absolute Gasteiger partial charge is 0.315 e. The third-order valence-corrected chi connectivity index (χ3v) is 9.17. The van der Waals surface area contributed by atoms with Gasteiger partial charge in [-0.2, -0.15) is 13.2 Å². The van der Waals surface area contributed by atoms with Gasteiger partial charge in [0.1, 0.15) is 0 Å². The number of nitrogens with zero attached hydrogens (tertiary/aromatic N) is 1. The number of hydrogen-bond acceptors (Lipinski definition) is 2. The van der Waals surface area contributed by atoms with Gasteiger partial charge in [0.2, 0.25) is 8.32 Å². The van der Waals surface area contributed by atoms with Gasteiger partial charge in [0.05, 0.1) is 16.9 Å². The molecule has 0 bridgehead atoms. The fourth-order valence-electron chi connectivity index (χ4n) is 2.15. The highest BCUT2D eigenvalue weighted by Gasteiger charge is 2.40. The van der Waals surface area contributed by atoms with E-state index in [1.54, 1.807) is 11.1 Å². The molecule has 0 N–H and O–H groups in total. The number of halogens is 3. The summed E-state index contributed by atoms with van der Waals surface area (Å²) in [5, 5.41) is 1.59. The fraction of sp³-hybridized carbons (Fsp3) is 0.333. The zero-order valence-electron chi connectivity index (χ0n) is 16.4. The highest BCUT2D eigenvalue weighted by molar-refractivity contribution is 6.74. The molecule has 0 atom stereocenters. The summed E-state index contributed by atoms with van der Waals surface area (Å²) >= 11 is 0. The van der Waals surface area contributed by atoms with Crippen LogP contribution < -0.4 is 5.06 Å². The maximum absolute atomic E-state index is 12.9. The molecule has 0 aromatic heterocycles. The Morgan fingerprint density at radius 2 is 1.33 bits per heavy atom. The molecular weight excluding hydrogens is 367 g/mol. The van der Waals surface area contributed by atoms with Gasteiger partial charge in [-0.15, -0.1) is 0 Å². The van der Waals surface area contributed by atoms with Crippen LogP contribution in [0, 0.1) is 0 Å². The summed E-state index contributed by atoms with van der Waals surface area (Å²) in [5.41, 5.74) is 1.59. The first-order chi connectivity index (χ1) is 12.3. The summed E-state index contributed by atoms with van der Waals surface area (Å²) in [7, 11) is -2.22. The van der Waals surface area contributed by atoms with Gasteiger partial charge in [-0.3, -0.25) is 0 Å². The molecule has 2 aromatic carbocycles. The summed E-state index contributed by atoms with van der Waals surface area (Å²) in [6.45, 7) is 14.3. The Labute approximate surface area is 160 Å². The van der Waals surface area contributed by atoms with Crippen LogP contribution in [0.25, 0.3) is 6.08 Å². The van der Waals surface area contributed by atoms with Crippen molar-refractivity contribution in [3.63, 3.8) is 0 Å². The van der Waals surface area contributed by atoms with E-state index in [1.165, 1.54) is 12.1 Å². The average Bonchev–Trinajstić information content (AvgIpc) is 2.58. The molecule has 0 aliphatic heterocycles. The minimum absolute atomic E-state index is 0.0573. The van der Waals surface area contributed by atoms with Gasteiger partial charge < -0.3 is 4.53 Å². The lowest BCUT2D eigenvalue weighted by Gasteiger charge is -2.40. The Kier molecular flexibility index (Phi) is 5.92. The maximum Gasteiger partial charge on any atom is 0.416 e. The van der Waals surface area contributed by atoms with Crippen LogP contribution in [0.1, 0.15) is 31.9 Å². The van der Waals surface area contributed by atoms with Crippen molar-refractivity contribution < 1.29 is 17.7 Å². The molecule has 0 spiro atoms. The zero-order chi connectivity index (χ0) is 20.5. The van der Waals surface area contributed by atoms with E-state index in [-0.39, 0.29) is 5.04 Å². The van der Waals surface area contributed by atoms with Gasteiger partial charge in [-0.05, 0) is 60.1 Å². The van der Waals surface area contributed by atoms with Gasteiger partial charge >= 0.3 is 6.18 Å². The number of anilines is 2. The van der Waals surface area contributed by atoms with Gasteiger partial charge in [0.25, 0.3) is 0 Å². The van der Waals surface area contributed by atoms with E-state index < -0.39 is 20.1 Å². The van der Waals surface area contributed by atoms with Gasteiger partial charge in [0.15, 0.2) is 0 Å². The van der Waals surface area contributed by atoms with Crippen LogP contribution in [0.3, 0.4) is 0 Å². The van der Waals surface area contributed by atoms with Crippen LogP contribution in [-0.2, 0) is 10.7 Å². The maximum atomic E-state index is 12.9. The van der Waals surface area contributed by atoms with Crippen molar-refractivity contribution in [3.05, 3.63) is 66.2 Å². The van der Waals surface area contributed by atoms with Crippen LogP contribution >= 0.6 is 0 Å². The summed E-state index contributed by atoms with van der Waals surface area (Å²) < 4.78 is 45.2. The normalized spacial score (nSPS) is 12.7. The van der Waals surface area contributed by atoms with E-state index in [2.05, 4.69) is 40.4 Å². The molecule has 0 saturated heterocycles. The molecule has 0 radical (unpaired) electrons.